The van der Waals surface area contributed by atoms with Crippen molar-refractivity contribution in [1.82, 2.24) is 4.90 Å². The molecule has 1 spiro atoms. The molecule has 0 saturated carbocycles. The lowest BCUT2D eigenvalue weighted by atomic mass is 9.83. The molecule has 5 aromatic rings. The molecule has 0 radical (unpaired) electrons. The van der Waals surface area contributed by atoms with E-state index in [9.17, 15) is 14.4 Å². The molecule has 1 atom stereocenters. The number of benzene rings is 4. The van der Waals surface area contributed by atoms with E-state index in [4.69, 9.17) is 13.9 Å². The van der Waals surface area contributed by atoms with Crippen LogP contribution in [0.5, 0.6) is 11.5 Å². The Balaban J connectivity index is 1.38. The molecule has 2 amide bonds. The van der Waals surface area contributed by atoms with Crippen LogP contribution in [0.25, 0.3) is 11.0 Å². The van der Waals surface area contributed by atoms with E-state index in [1.165, 1.54) is 4.90 Å². The molecule has 0 fully saturated rings. The molecule has 0 bridgehead atoms. The molecule has 206 valence electrons. The molecule has 3 aliphatic heterocycles. The highest BCUT2D eigenvalue weighted by atomic mass is 16.7. The number of hydrogen-bond acceptors (Lipinski definition) is 6. The van der Waals surface area contributed by atoms with Gasteiger partial charge < -0.3 is 23.7 Å². The largest absolute Gasteiger partial charge is 0.454 e. The summed E-state index contributed by atoms with van der Waals surface area (Å²) in [5, 5.41) is 0.316. The van der Waals surface area contributed by atoms with Crippen LogP contribution in [0, 0.1) is 6.92 Å². The van der Waals surface area contributed by atoms with Gasteiger partial charge in [-0.25, -0.2) is 0 Å². The molecule has 0 aliphatic carbocycles. The molecule has 8 rings (SSSR count). The van der Waals surface area contributed by atoms with E-state index in [0.29, 0.717) is 33.7 Å². The Labute approximate surface area is 240 Å². The second-order valence-corrected chi connectivity index (χ2v) is 10.8. The van der Waals surface area contributed by atoms with E-state index >= 15 is 0 Å². The Morgan fingerprint density at radius 2 is 1.57 bits per heavy atom. The van der Waals surface area contributed by atoms with Crippen molar-refractivity contribution in [3.63, 3.8) is 0 Å². The van der Waals surface area contributed by atoms with E-state index in [-0.39, 0.29) is 37.1 Å². The zero-order valence-electron chi connectivity index (χ0n) is 22.6. The van der Waals surface area contributed by atoms with E-state index in [1.54, 1.807) is 41.3 Å². The molecular formula is C34H24N2O6. The normalized spacial score (nSPS) is 18.3. The average Bonchev–Trinajstić information content (AvgIpc) is 3.64. The van der Waals surface area contributed by atoms with Gasteiger partial charge in [-0.1, -0.05) is 60.7 Å². The third kappa shape index (κ3) is 3.20. The summed E-state index contributed by atoms with van der Waals surface area (Å²) in [4.78, 5) is 46.8. The summed E-state index contributed by atoms with van der Waals surface area (Å²) in [7, 11) is 0. The van der Waals surface area contributed by atoms with Gasteiger partial charge in [-0.15, -0.1) is 0 Å². The molecule has 4 heterocycles. The van der Waals surface area contributed by atoms with Gasteiger partial charge in [0.05, 0.1) is 23.2 Å². The maximum absolute atomic E-state index is 15.0. The molecule has 42 heavy (non-hydrogen) atoms. The molecule has 8 heteroatoms. The Kier molecular flexibility index (Phi) is 5.13. The van der Waals surface area contributed by atoms with Crippen LogP contribution in [-0.4, -0.2) is 23.5 Å². The number of rotatable bonds is 4. The number of fused-ring (bicyclic) bond motifs is 6. The highest BCUT2D eigenvalue weighted by Crippen LogP contribution is 2.53. The quantitative estimate of drug-likeness (QED) is 0.300. The van der Waals surface area contributed by atoms with Crippen LogP contribution in [-0.2, 0) is 23.4 Å². The van der Waals surface area contributed by atoms with Crippen LogP contribution in [0.3, 0.4) is 0 Å². The lowest BCUT2D eigenvalue weighted by Crippen LogP contribution is -2.53. The minimum atomic E-state index is -1.72. The van der Waals surface area contributed by atoms with Crippen molar-refractivity contribution in [3.8, 4) is 11.5 Å². The summed E-state index contributed by atoms with van der Waals surface area (Å²) in [6.07, 6.45) is 0. The number of anilines is 1. The van der Waals surface area contributed by atoms with Crippen molar-refractivity contribution < 1.29 is 23.5 Å². The van der Waals surface area contributed by atoms with Crippen molar-refractivity contribution in [1.29, 1.82) is 0 Å². The fraction of sp³-hybridized carbons (Fsp3) is 0.147. The smallest absolute Gasteiger partial charge is 0.291 e. The third-order valence-electron chi connectivity index (χ3n) is 8.51. The second kappa shape index (κ2) is 8.81. The van der Waals surface area contributed by atoms with E-state index in [1.807, 2.05) is 61.5 Å². The minimum Gasteiger partial charge on any atom is -0.454 e. The Hall–Kier alpha value is -5.37. The Morgan fingerprint density at radius 3 is 2.45 bits per heavy atom. The molecule has 3 aliphatic rings. The molecule has 8 nitrogen and oxygen atoms in total. The molecule has 0 N–H and O–H groups in total. The first-order valence-corrected chi connectivity index (χ1v) is 13.7. The van der Waals surface area contributed by atoms with E-state index < -0.39 is 16.9 Å². The number of carbonyl (C=O) groups excluding carboxylic acids is 2. The van der Waals surface area contributed by atoms with Crippen LogP contribution in [0.4, 0.5) is 5.69 Å². The summed E-state index contributed by atoms with van der Waals surface area (Å²) in [6, 6.07) is 27.5. The number of aryl methyl sites for hydroxylation is 1. The first kappa shape index (κ1) is 24.4. The maximum Gasteiger partial charge on any atom is 0.291 e. The zero-order valence-corrected chi connectivity index (χ0v) is 22.6. The Morgan fingerprint density at radius 1 is 0.810 bits per heavy atom. The van der Waals surface area contributed by atoms with Crippen LogP contribution in [0.2, 0.25) is 0 Å². The number of para-hydroxylation sites is 2. The number of hydrogen-bond donors (Lipinski definition) is 0. The standard InChI is InChI=1S/C34H24N2O6/c1-20-8-2-3-9-22(20)18-35-25-12-6-5-11-24(25)34(33(35)39)29-30(37)23-10-4-7-13-26(23)42-31(29)32(38)36(34)17-21-14-15-27-28(16-21)41-19-40-27/h2-16H,17-19H2,1H3. The van der Waals surface area contributed by atoms with E-state index in [0.717, 1.165) is 16.7 Å². The number of ether oxygens (including phenoxy) is 2. The van der Waals surface area contributed by atoms with Gasteiger partial charge in [-0.05, 0) is 53.9 Å². The van der Waals surface area contributed by atoms with Gasteiger partial charge in [-0.3, -0.25) is 14.4 Å². The van der Waals surface area contributed by atoms with Gasteiger partial charge in [0.25, 0.3) is 11.8 Å². The predicted octanol–water partition coefficient (Wildman–Crippen LogP) is 5.28. The fourth-order valence-corrected chi connectivity index (χ4v) is 6.50. The lowest BCUT2D eigenvalue weighted by molar-refractivity contribution is -0.126. The zero-order chi connectivity index (χ0) is 28.6. The lowest BCUT2D eigenvalue weighted by Gasteiger charge is -2.34. The highest BCUT2D eigenvalue weighted by Gasteiger charge is 2.65. The van der Waals surface area contributed by atoms with Crippen molar-refractivity contribution in [2.75, 3.05) is 11.7 Å². The van der Waals surface area contributed by atoms with Crippen molar-refractivity contribution >= 4 is 28.5 Å². The third-order valence-corrected chi connectivity index (χ3v) is 8.51. The monoisotopic (exact) mass is 556 g/mol. The summed E-state index contributed by atoms with van der Waals surface area (Å²) < 4.78 is 17.2. The molecule has 1 aromatic heterocycles. The van der Waals surface area contributed by atoms with E-state index in [2.05, 4.69) is 0 Å². The predicted molar refractivity (Wildman–Crippen MR) is 155 cm³/mol. The summed E-state index contributed by atoms with van der Waals surface area (Å²) >= 11 is 0. The summed E-state index contributed by atoms with van der Waals surface area (Å²) in [5.74, 6) is 0.165. The molecule has 1 unspecified atom stereocenters. The van der Waals surface area contributed by atoms with Crippen LogP contribution >= 0.6 is 0 Å². The van der Waals surface area contributed by atoms with Gasteiger partial charge in [0.15, 0.2) is 22.5 Å². The van der Waals surface area contributed by atoms with Crippen LogP contribution < -0.4 is 19.8 Å². The van der Waals surface area contributed by atoms with Gasteiger partial charge in [0.1, 0.15) is 5.58 Å². The molecule has 0 saturated heterocycles. The second-order valence-electron chi connectivity index (χ2n) is 10.8. The van der Waals surface area contributed by atoms with Crippen molar-refractivity contribution in [3.05, 3.63) is 135 Å². The molecule has 4 aromatic carbocycles. The Bertz CT molecular complexity index is 2030. The summed E-state index contributed by atoms with van der Waals surface area (Å²) in [5.41, 5.74) is 2.18. The van der Waals surface area contributed by atoms with Gasteiger partial charge >= 0.3 is 0 Å². The van der Waals surface area contributed by atoms with Gasteiger partial charge in [-0.2, -0.15) is 0 Å². The number of nitrogens with zero attached hydrogens (tertiary/aromatic N) is 2. The van der Waals surface area contributed by atoms with Gasteiger partial charge in [0, 0.05) is 12.1 Å². The highest BCUT2D eigenvalue weighted by molar-refractivity contribution is 6.17. The topological polar surface area (TPSA) is 89.3 Å². The van der Waals surface area contributed by atoms with Gasteiger partial charge in [0.2, 0.25) is 12.6 Å². The van der Waals surface area contributed by atoms with Crippen LogP contribution in [0.15, 0.2) is 100 Å². The number of carbonyl (C=O) groups is 2. The molecular weight excluding hydrogens is 532 g/mol. The fourth-order valence-electron chi connectivity index (χ4n) is 6.50. The van der Waals surface area contributed by atoms with Crippen molar-refractivity contribution in [2.45, 2.75) is 25.6 Å². The summed E-state index contributed by atoms with van der Waals surface area (Å²) in [6.45, 7) is 2.43. The number of amides is 2. The van der Waals surface area contributed by atoms with Crippen molar-refractivity contribution in [2.24, 2.45) is 0 Å². The first-order valence-electron chi connectivity index (χ1n) is 13.7. The van der Waals surface area contributed by atoms with Crippen LogP contribution in [0.1, 0.15) is 38.4 Å². The average molecular weight is 557 g/mol. The minimum absolute atomic E-state index is 0.0355. The first-order chi connectivity index (χ1) is 20.5. The maximum atomic E-state index is 15.0. The SMILES string of the molecule is Cc1ccccc1CN1C(=O)C2(c3ccccc31)c1c(oc3ccccc3c1=O)C(=O)N2Cc1ccc2c(c1)OCO2.